The molecule has 5 aromatic rings. The highest BCUT2D eigenvalue weighted by atomic mass is 32.1. The molecule has 2 aliphatic rings. The van der Waals surface area contributed by atoms with Crippen molar-refractivity contribution in [1.82, 2.24) is 4.98 Å². The number of thiazole rings is 1. The fourth-order valence-electron chi connectivity index (χ4n) is 5.98. The van der Waals surface area contributed by atoms with Crippen molar-refractivity contribution in [2.75, 3.05) is 16.9 Å². The number of amides is 2. The normalized spacial score (nSPS) is 17.3. The van der Waals surface area contributed by atoms with Crippen LogP contribution in [0.15, 0.2) is 82.0 Å². The smallest absolute Gasteiger partial charge is 0.350 e. The first kappa shape index (κ1) is 25.8. The maximum Gasteiger partial charge on any atom is 0.350 e. The average Bonchev–Trinajstić information content (AvgIpc) is 3.58. The van der Waals surface area contributed by atoms with Crippen LogP contribution in [-0.4, -0.2) is 29.9 Å². The number of rotatable bonds is 4. The average molecular weight is 578 g/mol. The van der Waals surface area contributed by atoms with Crippen LogP contribution in [0.5, 0.6) is 0 Å². The van der Waals surface area contributed by atoms with E-state index in [1.165, 1.54) is 12.0 Å². The summed E-state index contributed by atoms with van der Waals surface area (Å²) >= 11 is 0.924. The van der Waals surface area contributed by atoms with Crippen LogP contribution in [0, 0.1) is 13.8 Å². The van der Waals surface area contributed by atoms with E-state index in [0.29, 0.717) is 16.9 Å². The SMILES string of the molecule is COC(=O)c1sc(N2C(=O)c3oc4ccccc4c(=O)c3C23C(=O)N(Cc2ccccc2C)c2ccccc23)nc1C. The Morgan fingerprint density at radius 1 is 0.976 bits per heavy atom. The molecule has 208 valence electrons. The number of hydrogen-bond donors (Lipinski definition) is 0. The maximum absolute atomic E-state index is 15.0. The topological polar surface area (TPSA) is 110 Å². The first-order chi connectivity index (χ1) is 20.3. The van der Waals surface area contributed by atoms with Gasteiger partial charge < -0.3 is 14.1 Å². The Balaban J connectivity index is 1.56. The van der Waals surface area contributed by atoms with Crippen LogP contribution < -0.4 is 15.2 Å². The second kappa shape index (κ2) is 9.22. The van der Waals surface area contributed by atoms with E-state index in [2.05, 4.69) is 4.98 Å². The van der Waals surface area contributed by atoms with Gasteiger partial charge in [-0.2, -0.15) is 0 Å². The van der Waals surface area contributed by atoms with Gasteiger partial charge in [0.05, 0.1) is 36.0 Å². The highest BCUT2D eigenvalue weighted by Crippen LogP contribution is 2.55. The van der Waals surface area contributed by atoms with E-state index in [0.717, 1.165) is 22.5 Å². The van der Waals surface area contributed by atoms with Crippen molar-refractivity contribution >= 4 is 50.9 Å². The molecule has 2 aromatic heterocycles. The molecular formula is C32H23N3O6S. The number of aryl methyl sites for hydroxylation is 2. The number of benzene rings is 3. The number of ether oxygens (including phenoxy) is 1. The zero-order valence-electron chi connectivity index (χ0n) is 22.8. The molecule has 0 bridgehead atoms. The van der Waals surface area contributed by atoms with Crippen LogP contribution >= 0.6 is 11.3 Å². The molecule has 1 unspecified atom stereocenters. The van der Waals surface area contributed by atoms with Crippen LogP contribution in [0.3, 0.4) is 0 Å². The zero-order chi connectivity index (χ0) is 29.3. The van der Waals surface area contributed by atoms with Gasteiger partial charge >= 0.3 is 5.97 Å². The van der Waals surface area contributed by atoms with E-state index in [-0.39, 0.29) is 38.8 Å². The summed E-state index contributed by atoms with van der Waals surface area (Å²) in [6.07, 6.45) is 0. The molecule has 10 heteroatoms. The van der Waals surface area contributed by atoms with Crippen molar-refractivity contribution in [1.29, 1.82) is 0 Å². The lowest BCUT2D eigenvalue weighted by Crippen LogP contribution is -2.53. The van der Waals surface area contributed by atoms with Gasteiger partial charge in [0.2, 0.25) is 5.76 Å². The maximum atomic E-state index is 15.0. The first-order valence-electron chi connectivity index (χ1n) is 13.2. The van der Waals surface area contributed by atoms with Crippen LogP contribution in [0.25, 0.3) is 11.0 Å². The van der Waals surface area contributed by atoms with Crippen molar-refractivity contribution in [3.63, 3.8) is 0 Å². The fraction of sp³-hybridized carbons (Fsp3) is 0.156. The minimum absolute atomic E-state index is 0.0663. The lowest BCUT2D eigenvalue weighted by Gasteiger charge is -2.32. The first-order valence-corrected chi connectivity index (χ1v) is 14.0. The Kier molecular flexibility index (Phi) is 5.67. The molecule has 42 heavy (non-hydrogen) atoms. The second-order valence-corrected chi connectivity index (χ2v) is 11.2. The molecular weight excluding hydrogens is 554 g/mol. The van der Waals surface area contributed by atoms with Crippen molar-refractivity contribution in [2.45, 2.75) is 25.9 Å². The molecule has 9 nitrogen and oxygen atoms in total. The summed E-state index contributed by atoms with van der Waals surface area (Å²) in [5.74, 6) is -2.03. The zero-order valence-corrected chi connectivity index (χ0v) is 23.7. The van der Waals surface area contributed by atoms with E-state index >= 15 is 4.79 Å². The van der Waals surface area contributed by atoms with Gasteiger partial charge in [0.1, 0.15) is 10.5 Å². The molecule has 2 amide bonds. The van der Waals surface area contributed by atoms with Gasteiger partial charge in [0.25, 0.3) is 11.8 Å². The highest BCUT2D eigenvalue weighted by molar-refractivity contribution is 7.17. The second-order valence-electron chi connectivity index (χ2n) is 10.2. The molecule has 1 spiro atoms. The minimum Gasteiger partial charge on any atom is -0.465 e. The van der Waals surface area contributed by atoms with Gasteiger partial charge in [0.15, 0.2) is 16.1 Å². The number of hydrogen-bond acceptors (Lipinski definition) is 8. The molecule has 0 saturated heterocycles. The number of para-hydroxylation sites is 2. The van der Waals surface area contributed by atoms with Crippen LogP contribution in [0.2, 0.25) is 0 Å². The van der Waals surface area contributed by atoms with Gasteiger partial charge in [-0.25, -0.2) is 9.78 Å². The summed E-state index contributed by atoms with van der Waals surface area (Å²) in [5.41, 5.74) is 1.02. The Morgan fingerprint density at radius 3 is 2.48 bits per heavy atom. The third kappa shape index (κ3) is 3.32. The van der Waals surface area contributed by atoms with Gasteiger partial charge in [-0.3, -0.25) is 19.3 Å². The molecule has 2 aliphatic heterocycles. The van der Waals surface area contributed by atoms with Crippen molar-refractivity contribution in [3.05, 3.63) is 122 Å². The van der Waals surface area contributed by atoms with Crippen molar-refractivity contribution in [2.24, 2.45) is 0 Å². The van der Waals surface area contributed by atoms with E-state index in [1.807, 2.05) is 37.3 Å². The number of carbonyl (C=O) groups is 3. The quantitative estimate of drug-likeness (QED) is 0.273. The molecule has 1 atom stereocenters. The number of aromatic nitrogens is 1. The molecule has 0 aliphatic carbocycles. The monoisotopic (exact) mass is 577 g/mol. The minimum atomic E-state index is -1.91. The Hall–Kier alpha value is -5.09. The van der Waals surface area contributed by atoms with Crippen molar-refractivity contribution < 1.29 is 23.5 Å². The standard InChI is InChI=1S/C32H23N3O6S/c1-17-10-4-5-11-19(17)16-34-22-14-8-7-13-21(22)32(30(34)39)24-25(36)20-12-6-9-15-23(20)41-26(24)28(37)35(32)31-33-18(2)27(42-31)29(38)40-3/h4-15H,16H2,1-3H3. The molecule has 0 N–H and O–H groups in total. The largest absolute Gasteiger partial charge is 0.465 e. The predicted molar refractivity (Wildman–Crippen MR) is 157 cm³/mol. The van der Waals surface area contributed by atoms with Gasteiger partial charge in [-0.05, 0) is 43.2 Å². The van der Waals surface area contributed by atoms with Gasteiger partial charge in [-0.1, -0.05) is 65.9 Å². The summed E-state index contributed by atoms with van der Waals surface area (Å²) in [4.78, 5) is 63.8. The van der Waals surface area contributed by atoms with Gasteiger partial charge in [0, 0.05) is 5.56 Å². The van der Waals surface area contributed by atoms with Gasteiger partial charge in [-0.15, -0.1) is 0 Å². The molecule has 3 aromatic carbocycles. The number of nitrogens with zero attached hydrogens (tertiary/aromatic N) is 3. The molecule has 7 rings (SSSR count). The van der Waals surface area contributed by atoms with E-state index in [1.54, 1.807) is 54.3 Å². The summed E-state index contributed by atoms with van der Waals surface area (Å²) in [7, 11) is 1.26. The van der Waals surface area contributed by atoms with E-state index < -0.39 is 28.8 Å². The third-order valence-corrected chi connectivity index (χ3v) is 9.09. The lowest BCUT2D eigenvalue weighted by atomic mass is 9.84. The van der Waals surface area contributed by atoms with E-state index in [4.69, 9.17) is 9.15 Å². The van der Waals surface area contributed by atoms with Crippen LogP contribution in [0.4, 0.5) is 10.8 Å². The highest BCUT2D eigenvalue weighted by Gasteiger charge is 2.66. The lowest BCUT2D eigenvalue weighted by molar-refractivity contribution is -0.121. The Morgan fingerprint density at radius 2 is 1.69 bits per heavy atom. The van der Waals surface area contributed by atoms with Crippen LogP contribution in [-0.2, 0) is 21.6 Å². The number of anilines is 2. The van der Waals surface area contributed by atoms with Crippen molar-refractivity contribution in [3.8, 4) is 0 Å². The number of methoxy groups -OCH3 is 1. The third-order valence-electron chi connectivity index (χ3n) is 7.97. The number of fused-ring (bicyclic) bond motifs is 5. The number of esters is 1. The Bertz CT molecular complexity index is 2050. The summed E-state index contributed by atoms with van der Waals surface area (Å²) < 4.78 is 11.0. The molecule has 4 heterocycles. The fourth-order valence-corrected chi connectivity index (χ4v) is 7.02. The summed E-state index contributed by atoms with van der Waals surface area (Å²) in [5, 5.41) is 0.326. The Labute approximate surface area is 243 Å². The molecule has 0 saturated carbocycles. The van der Waals surface area contributed by atoms with Crippen LogP contribution in [0.1, 0.15) is 48.2 Å². The summed E-state index contributed by atoms with van der Waals surface area (Å²) in [6, 6.07) is 21.5. The van der Waals surface area contributed by atoms with E-state index in [9.17, 15) is 14.4 Å². The molecule has 0 radical (unpaired) electrons. The summed E-state index contributed by atoms with van der Waals surface area (Å²) in [6.45, 7) is 3.80. The molecule has 0 fully saturated rings. The predicted octanol–water partition coefficient (Wildman–Crippen LogP) is 5.10. The number of carbonyl (C=O) groups excluding carboxylic acids is 3.